The molecule has 3 rings (SSSR count). The highest BCUT2D eigenvalue weighted by atomic mass is 19.1. The molecule has 0 heterocycles. The molecule has 0 aliphatic rings. The van der Waals surface area contributed by atoms with Gasteiger partial charge in [-0.2, -0.15) is 0 Å². The van der Waals surface area contributed by atoms with Gasteiger partial charge in [-0.1, -0.05) is 67.9 Å². The van der Waals surface area contributed by atoms with Gasteiger partial charge in [-0.15, -0.1) is 0 Å². The number of nitrogens with zero attached hydrogens (tertiary/aromatic N) is 1. The van der Waals surface area contributed by atoms with E-state index in [2.05, 4.69) is 12.2 Å². The van der Waals surface area contributed by atoms with E-state index >= 15 is 0 Å². The quantitative estimate of drug-likeness (QED) is 0.347. The number of ether oxygens (including phenoxy) is 1. The van der Waals surface area contributed by atoms with Crippen LogP contribution in [0, 0.1) is 19.7 Å². The van der Waals surface area contributed by atoms with E-state index in [0.29, 0.717) is 18.7 Å². The molecular formula is C30H35FN2O3. The number of halogens is 1. The first-order valence-electron chi connectivity index (χ1n) is 12.4. The number of aryl methyl sites for hydroxylation is 2. The van der Waals surface area contributed by atoms with Gasteiger partial charge in [0.2, 0.25) is 5.91 Å². The molecule has 0 spiro atoms. The highest BCUT2D eigenvalue weighted by molar-refractivity contribution is 5.88. The Labute approximate surface area is 213 Å². The SMILES string of the molecule is CCCCNC(=O)[C@@H](Cc1ccccc1)N(Cc1ccc(F)cc1)C(=O)COc1cc(C)ccc1C. The van der Waals surface area contributed by atoms with Gasteiger partial charge in [-0.3, -0.25) is 9.59 Å². The van der Waals surface area contributed by atoms with Crippen LogP contribution in [0.4, 0.5) is 4.39 Å². The molecule has 0 radical (unpaired) electrons. The van der Waals surface area contributed by atoms with Gasteiger partial charge in [0.15, 0.2) is 6.61 Å². The average molecular weight is 491 g/mol. The maximum absolute atomic E-state index is 13.6. The summed E-state index contributed by atoms with van der Waals surface area (Å²) in [6.07, 6.45) is 2.16. The molecule has 6 heteroatoms. The number of hydrogen-bond donors (Lipinski definition) is 1. The van der Waals surface area contributed by atoms with Gasteiger partial charge in [0.25, 0.3) is 5.91 Å². The van der Waals surface area contributed by atoms with Crippen molar-refractivity contribution in [3.8, 4) is 5.75 Å². The smallest absolute Gasteiger partial charge is 0.261 e. The zero-order chi connectivity index (χ0) is 25.9. The molecule has 1 N–H and O–H groups in total. The van der Waals surface area contributed by atoms with Crippen molar-refractivity contribution in [2.75, 3.05) is 13.2 Å². The van der Waals surface area contributed by atoms with Crippen LogP contribution in [0.25, 0.3) is 0 Å². The molecule has 0 bridgehead atoms. The first kappa shape index (κ1) is 26.9. The van der Waals surface area contributed by atoms with Crippen molar-refractivity contribution >= 4 is 11.8 Å². The van der Waals surface area contributed by atoms with E-state index in [9.17, 15) is 14.0 Å². The summed E-state index contributed by atoms with van der Waals surface area (Å²) >= 11 is 0. The summed E-state index contributed by atoms with van der Waals surface area (Å²) in [5.74, 6) is -0.244. The first-order valence-corrected chi connectivity index (χ1v) is 12.4. The van der Waals surface area contributed by atoms with E-state index in [0.717, 1.165) is 35.1 Å². The predicted octanol–water partition coefficient (Wildman–Crippen LogP) is 5.38. The molecule has 0 aliphatic carbocycles. The molecule has 5 nitrogen and oxygen atoms in total. The third-order valence-corrected chi connectivity index (χ3v) is 6.06. The fourth-order valence-corrected chi connectivity index (χ4v) is 3.93. The van der Waals surface area contributed by atoms with Gasteiger partial charge in [-0.25, -0.2) is 4.39 Å². The minimum atomic E-state index is -0.746. The van der Waals surface area contributed by atoms with E-state index in [1.807, 2.05) is 62.4 Å². The number of benzene rings is 3. The summed E-state index contributed by atoms with van der Waals surface area (Å²) < 4.78 is 19.5. The van der Waals surface area contributed by atoms with Crippen LogP contribution >= 0.6 is 0 Å². The summed E-state index contributed by atoms with van der Waals surface area (Å²) in [5, 5.41) is 2.99. The summed E-state index contributed by atoms with van der Waals surface area (Å²) in [6.45, 7) is 6.44. The first-order chi connectivity index (χ1) is 17.4. The maximum atomic E-state index is 13.6. The second kappa shape index (κ2) is 13.4. The zero-order valence-electron chi connectivity index (χ0n) is 21.3. The fourth-order valence-electron chi connectivity index (χ4n) is 3.93. The van der Waals surface area contributed by atoms with Crippen LogP contribution in [0.15, 0.2) is 72.8 Å². The van der Waals surface area contributed by atoms with Gasteiger partial charge >= 0.3 is 0 Å². The lowest BCUT2D eigenvalue weighted by atomic mass is 10.0. The van der Waals surface area contributed by atoms with Crippen molar-refractivity contribution in [2.45, 2.75) is 52.6 Å². The van der Waals surface area contributed by atoms with Crippen LogP contribution in [0.5, 0.6) is 5.75 Å². The van der Waals surface area contributed by atoms with E-state index in [1.165, 1.54) is 12.1 Å². The topological polar surface area (TPSA) is 58.6 Å². The Balaban J connectivity index is 1.89. The van der Waals surface area contributed by atoms with Crippen LogP contribution < -0.4 is 10.1 Å². The van der Waals surface area contributed by atoms with Crippen LogP contribution in [-0.2, 0) is 22.6 Å². The number of rotatable bonds is 12. The fraction of sp³-hybridized carbons (Fsp3) is 0.333. The molecule has 36 heavy (non-hydrogen) atoms. The Bertz CT molecular complexity index is 1130. The van der Waals surface area contributed by atoms with Crippen molar-refractivity contribution in [2.24, 2.45) is 0 Å². The molecule has 0 aromatic heterocycles. The van der Waals surface area contributed by atoms with E-state index < -0.39 is 6.04 Å². The molecule has 3 aromatic rings. The maximum Gasteiger partial charge on any atom is 0.261 e. The molecule has 190 valence electrons. The highest BCUT2D eigenvalue weighted by Gasteiger charge is 2.30. The number of hydrogen-bond acceptors (Lipinski definition) is 3. The van der Waals surface area contributed by atoms with Crippen LogP contribution in [-0.4, -0.2) is 35.9 Å². The molecule has 2 amide bonds. The van der Waals surface area contributed by atoms with Crippen molar-refractivity contribution in [3.63, 3.8) is 0 Å². The number of amides is 2. The molecule has 0 fully saturated rings. The number of carbonyl (C=O) groups is 2. The second-order valence-corrected chi connectivity index (χ2v) is 9.06. The summed E-state index contributed by atoms with van der Waals surface area (Å²) in [4.78, 5) is 28.5. The predicted molar refractivity (Wildman–Crippen MR) is 140 cm³/mol. The molecule has 0 unspecified atom stereocenters. The summed E-state index contributed by atoms with van der Waals surface area (Å²) in [5.41, 5.74) is 3.64. The molecular weight excluding hydrogens is 455 g/mol. The van der Waals surface area contributed by atoms with E-state index in [1.54, 1.807) is 17.0 Å². The Morgan fingerprint density at radius 2 is 1.69 bits per heavy atom. The largest absolute Gasteiger partial charge is 0.483 e. The van der Waals surface area contributed by atoms with Crippen LogP contribution in [0.1, 0.15) is 42.0 Å². The van der Waals surface area contributed by atoms with Gasteiger partial charge in [0.1, 0.15) is 17.6 Å². The third-order valence-electron chi connectivity index (χ3n) is 6.06. The molecule has 0 saturated carbocycles. The molecule has 0 saturated heterocycles. The number of nitrogens with one attached hydrogen (secondary N) is 1. The molecule has 1 atom stereocenters. The Hall–Kier alpha value is -3.67. The van der Waals surface area contributed by atoms with E-state index in [-0.39, 0.29) is 30.8 Å². The number of carbonyl (C=O) groups excluding carboxylic acids is 2. The van der Waals surface area contributed by atoms with Crippen molar-refractivity contribution in [3.05, 3.63) is 101 Å². The Morgan fingerprint density at radius 3 is 2.39 bits per heavy atom. The lowest BCUT2D eigenvalue weighted by Gasteiger charge is -2.31. The van der Waals surface area contributed by atoms with Gasteiger partial charge in [-0.05, 0) is 60.7 Å². The molecule has 3 aromatic carbocycles. The lowest BCUT2D eigenvalue weighted by Crippen LogP contribution is -2.51. The van der Waals surface area contributed by atoms with Crippen LogP contribution in [0.3, 0.4) is 0 Å². The Morgan fingerprint density at radius 1 is 0.972 bits per heavy atom. The third kappa shape index (κ3) is 7.94. The summed E-state index contributed by atoms with van der Waals surface area (Å²) in [6, 6.07) is 20.7. The minimum absolute atomic E-state index is 0.161. The van der Waals surface area contributed by atoms with Crippen LogP contribution in [0.2, 0.25) is 0 Å². The van der Waals surface area contributed by atoms with Crippen molar-refractivity contribution < 1.29 is 18.7 Å². The van der Waals surface area contributed by atoms with Crippen molar-refractivity contribution in [1.82, 2.24) is 10.2 Å². The zero-order valence-corrected chi connectivity index (χ0v) is 21.3. The van der Waals surface area contributed by atoms with Gasteiger partial charge in [0, 0.05) is 19.5 Å². The highest BCUT2D eigenvalue weighted by Crippen LogP contribution is 2.20. The Kier molecular flexibility index (Phi) is 10.0. The normalized spacial score (nSPS) is 11.6. The minimum Gasteiger partial charge on any atom is -0.483 e. The number of unbranched alkanes of at least 4 members (excludes halogenated alkanes) is 1. The standard InChI is InChI=1S/C30H35FN2O3/c1-4-5-17-32-30(35)27(19-24-9-7-6-8-10-24)33(20-25-13-15-26(31)16-14-25)29(34)21-36-28-18-22(2)11-12-23(28)3/h6-16,18,27H,4-5,17,19-21H2,1-3H3,(H,32,35)/t27-/m1/s1. The summed E-state index contributed by atoms with van der Waals surface area (Å²) in [7, 11) is 0. The van der Waals surface area contributed by atoms with E-state index in [4.69, 9.17) is 4.74 Å². The lowest BCUT2D eigenvalue weighted by molar-refractivity contribution is -0.142. The molecule has 0 aliphatic heterocycles. The average Bonchev–Trinajstić information content (AvgIpc) is 2.88. The second-order valence-electron chi connectivity index (χ2n) is 9.06. The van der Waals surface area contributed by atoms with Crippen molar-refractivity contribution in [1.29, 1.82) is 0 Å². The van der Waals surface area contributed by atoms with Gasteiger partial charge in [0.05, 0.1) is 0 Å². The van der Waals surface area contributed by atoms with Gasteiger partial charge < -0.3 is 15.0 Å². The monoisotopic (exact) mass is 490 g/mol.